The van der Waals surface area contributed by atoms with E-state index in [9.17, 15) is 18.3 Å². The van der Waals surface area contributed by atoms with Gasteiger partial charge in [0.15, 0.2) is 0 Å². The Bertz CT molecular complexity index is 863. The number of benzene rings is 2. The number of nitrogens with one attached hydrogen (secondary N) is 1. The van der Waals surface area contributed by atoms with Crippen LogP contribution in [0.4, 0.5) is 0 Å². The van der Waals surface area contributed by atoms with Gasteiger partial charge in [0.25, 0.3) is 0 Å². The lowest BCUT2D eigenvalue weighted by Crippen LogP contribution is -2.42. The summed E-state index contributed by atoms with van der Waals surface area (Å²) in [4.78, 5) is 11.6. The lowest BCUT2D eigenvalue weighted by atomic mass is 10.1. The Hall–Kier alpha value is -2.38. The van der Waals surface area contributed by atoms with Gasteiger partial charge in [-0.15, -0.1) is 0 Å². The summed E-state index contributed by atoms with van der Waals surface area (Å²) >= 11 is 0. The zero-order valence-corrected chi connectivity index (χ0v) is 15.1. The van der Waals surface area contributed by atoms with Gasteiger partial charge in [-0.2, -0.15) is 4.72 Å². The van der Waals surface area contributed by atoms with E-state index in [0.29, 0.717) is 16.9 Å². The van der Waals surface area contributed by atoms with Gasteiger partial charge in [-0.3, -0.25) is 4.79 Å². The SMILES string of the molecule is COc1ccc(S(=O)(=O)N[C@@H](Cc2ccccc2)C(=O)O)c(C)c1C. The van der Waals surface area contributed by atoms with Gasteiger partial charge in [0.05, 0.1) is 12.0 Å². The number of hydrogen-bond donors (Lipinski definition) is 2. The van der Waals surface area contributed by atoms with Crippen molar-refractivity contribution in [3.05, 3.63) is 59.2 Å². The van der Waals surface area contributed by atoms with Gasteiger partial charge in [-0.05, 0) is 49.1 Å². The number of methoxy groups -OCH3 is 1. The highest BCUT2D eigenvalue weighted by Crippen LogP contribution is 2.27. The fraction of sp³-hybridized carbons (Fsp3) is 0.278. The monoisotopic (exact) mass is 363 g/mol. The van der Waals surface area contributed by atoms with Crippen molar-refractivity contribution in [2.45, 2.75) is 31.2 Å². The highest BCUT2D eigenvalue weighted by Gasteiger charge is 2.27. The maximum absolute atomic E-state index is 12.7. The van der Waals surface area contributed by atoms with Crippen molar-refractivity contribution in [1.82, 2.24) is 4.72 Å². The molecule has 0 radical (unpaired) electrons. The van der Waals surface area contributed by atoms with E-state index < -0.39 is 22.0 Å². The topological polar surface area (TPSA) is 92.7 Å². The van der Waals surface area contributed by atoms with Crippen LogP contribution in [-0.2, 0) is 21.2 Å². The standard InChI is InChI=1S/C18H21NO5S/c1-12-13(2)17(10-9-16(12)24-3)25(22,23)19-15(18(20)21)11-14-7-5-4-6-8-14/h4-10,15,19H,11H2,1-3H3,(H,20,21)/t15-/m0/s1. The molecule has 0 aliphatic carbocycles. The van der Waals surface area contributed by atoms with E-state index in [1.165, 1.54) is 13.2 Å². The minimum atomic E-state index is -3.99. The first-order chi connectivity index (χ1) is 11.8. The van der Waals surface area contributed by atoms with Crippen LogP contribution in [0.15, 0.2) is 47.4 Å². The van der Waals surface area contributed by atoms with Gasteiger partial charge in [0, 0.05) is 0 Å². The largest absolute Gasteiger partial charge is 0.496 e. The Morgan fingerprint density at radius 3 is 2.32 bits per heavy atom. The molecule has 0 amide bonds. The van der Waals surface area contributed by atoms with Gasteiger partial charge < -0.3 is 9.84 Å². The number of carboxylic acids is 1. The molecule has 2 aromatic rings. The lowest BCUT2D eigenvalue weighted by molar-refractivity contribution is -0.138. The van der Waals surface area contributed by atoms with E-state index in [2.05, 4.69) is 4.72 Å². The van der Waals surface area contributed by atoms with Gasteiger partial charge in [0.1, 0.15) is 11.8 Å². The fourth-order valence-corrected chi connectivity index (χ4v) is 4.05. The highest BCUT2D eigenvalue weighted by atomic mass is 32.2. The van der Waals surface area contributed by atoms with Crippen molar-refractivity contribution < 1.29 is 23.1 Å². The molecule has 0 spiro atoms. The normalized spacial score (nSPS) is 12.6. The minimum Gasteiger partial charge on any atom is -0.496 e. The number of aliphatic carboxylic acids is 1. The number of hydrogen-bond acceptors (Lipinski definition) is 4. The number of rotatable bonds is 7. The van der Waals surface area contributed by atoms with E-state index in [-0.39, 0.29) is 11.3 Å². The van der Waals surface area contributed by atoms with Crippen LogP contribution in [0.2, 0.25) is 0 Å². The second-order valence-electron chi connectivity index (χ2n) is 5.72. The van der Waals surface area contributed by atoms with Crippen LogP contribution in [0.5, 0.6) is 5.75 Å². The lowest BCUT2D eigenvalue weighted by Gasteiger charge is -2.17. The molecule has 0 fully saturated rings. The van der Waals surface area contributed by atoms with Crippen LogP contribution in [0, 0.1) is 13.8 Å². The number of carbonyl (C=O) groups is 1. The van der Waals surface area contributed by atoms with Gasteiger partial charge in [0.2, 0.25) is 10.0 Å². The molecule has 2 rings (SSSR count). The summed E-state index contributed by atoms with van der Waals surface area (Å²) in [6.07, 6.45) is 0.0591. The van der Waals surface area contributed by atoms with Crippen molar-refractivity contribution >= 4 is 16.0 Å². The van der Waals surface area contributed by atoms with E-state index in [1.807, 2.05) is 6.07 Å². The molecular weight excluding hydrogens is 342 g/mol. The molecule has 134 valence electrons. The van der Waals surface area contributed by atoms with Crippen molar-refractivity contribution in [2.24, 2.45) is 0 Å². The van der Waals surface area contributed by atoms with E-state index in [0.717, 1.165) is 5.56 Å². The zero-order valence-electron chi connectivity index (χ0n) is 14.3. The molecule has 7 heteroatoms. The van der Waals surface area contributed by atoms with E-state index in [1.54, 1.807) is 44.2 Å². The third kappa shape index (κ3) is 4.37. The molecule has 0 aromatic heterocycles. The second kappa shape index (κ2) is 7.67. The van der Waals surface area contributed by atoms with Crippen LogP contribution in [-0.4, -0.2) is 32.6 Å². The predicted molar refractivity (Wildman–Crippen MR) is 94.4 cm³/mol. The fourth-order valence-electron chi connectivity index (χ4n) is 2.56. The molecule has 0 bridgehead atoms. The van der Waals surface area contributed by atoms with Crippen LogP contribution >= 0.6 is 0 Å². The van der Waals surface area contributed by atoms with Crippen LogP contribution < -0.4 is 9.46 Å². The zero-order chi connectivity index (χ0) is 18.6. The minimum absolute atomic E-state index is 0.0464. The van der Waals surface area contributed by atoms with Crippen LogP contribution in [0.25, 0.3) is 0 Å². The van der Waals surface area contributed by atoms with E-state index >= 15 is 0 Å². The molecule has 1 atom stereocenters. The Balaban J connectivity index is 2.32. The molecule has 0 saturated carbocycles. The van der Waals surface area contributed by atoms with Crippen LogP contribution in [0.1, 0.15) is 16.7 Å². The van der Waals surface area contributed by atoms with E-state index in [4.69, 9.17) is 4.74 Å². The van der Waals surface area contributed by atoms with Crippen molar-refractivity contribution in [2.75, 3.05) is 7.11 Å². The maximum Gasteiger partial charge on any atom is 0.322 e. The second-order valence-corrected chi connectivity index (χ2v) is 7.40. The average Bonchev–Trinajstić information content (AvgIpc) is 2.57. The Labute approximate surface area is 147 Å². The molecule has 0 unspecified atom stereocenters. The Morgan fingerprint density at radius 1 is 1.12 bits per heavy atom. The molecular formula is C18H21NO5S. The van der Waals surface area contributed by atoms with Crippen molar-refractivity contribution in [1.29, 1.82) is 0 Å². The number of carboxylic acid groups (broad SMARTS) is 1. The molecule has 2 aromatic carbocycles. The molecule has 25 heavy (non-hydrogen) atoms. The van der Waals surface area contributed by atoms with Gasteiger partial charge >= 0.3 is 5.97 Å². The maximum atomic E-state index is 12.7. The first kappa shape index (κ1) is 19.0. The third-order valence-electron chi connectivity index (χ3n) is 4.08. The summed E-state index contributed by atoms with van der Waals surface area (Å²) in [7, 11) is -2.48. The van der Waals surface area contributed by atoms with Gasteiger partial charge in [-0.1, -0.05) is 30.3 Å². The summed E-state index contributed by atoms with van der Waals surface area (Å²) < 4.78 is 32.9. The predicted octanol–water partition coefficient (Wildman–Crippen LogP) is 2.29. The Kier molecular flexibility index (Phi) is 5.81. The number of ether oxygens (including phenoxy) is 1. The molecule has 6 nitrogen and oxygen atoms in total. The summed E-state index contributed by atoms with van der Waals surface area (Å²) in [6.45, 7) is 3.42. The average molecular weight is 363 g/mol. The van der Waals surface area contributed by atoms with Crippen molar-refractivity contribution in [3.8, 4) is 5.75 Å². The quantitative estimate of drug-likeness (QED) is 0.787. The van der Waals surface area contributed by atoms with Crippen LogP contribution in [0.3, 0.4) is 0 Å². The molecule has 0 aliphatic heterocycles. The summed E-state index contributed by atoms with van der Waals surface area (Å²) in [5, 5.41) is 9.40. The highest BCUT2D eigenvalue weighted by molar-refractivity contribution is 7.89. The molecule has 2 N–H and O–H groups in total. The summed E-state index contributed by atoms with van der Waals surface area (Å²) in [5.41, 5.74) is 1.95. The first-order valence-corrected chi connectivity index (χ1v) is 9.18. The molecule has 0 saturated heterocycles. The van der Waals surface area contributed by atoms with Crippen molar-refractivity contribution in [3.63, 3.8) is 0 Å². The molecule has 0 aliphatic rings. The van der Waals surface area contributed by atoms with Gasteiger partial charge in [-0.25, -0.2) is 8.42 Å². The molecule has 0 heterocycles. The first-order valence-electron chi connectivity index (χ1n) is 7.69. The smallest absolute Gasteiger partial charge is 0.322 e. The third-order valence-corrected chi connectivity index (χ3v) is 5.69. The number of sulfonamides is 1. The summed E-state index contributed by atoms with van der Waals surface area (Å²) in [6, 6.07) is 10.6. The summed E-state index contributed by atoms with van der Waals surface area (Å²) in [5.74, 6) is -0.647. The Morgan fingerprint density at radius 2 is 1.76 bits per heavy atom.